The molecule has 6 heteroatoms. The fourth-order valence-electron chi connectivity index (χ4n) is 2.80. The fourth-order valence-corrected chi connectivity index (χ4v) is 2.80. The largest absolute Gasteiger partial charge is 0.486 e. The van der Waals surface area contributed by atoms with E-state index < -0.39 is 0 Å². The lowest BCUT2D eigenvalue weighted by molar-refractivity contribution is 0.0950. The van der Waals surface area contributed by atoms with Crippen molar-refractivity contribution in [2.75, 3.05) is 18.5 Å². The van der Waals surface area contributed by atoms with Crippen molar-refractivity contribution >= 4 is 17.3 Å². The molecule has 0 aliphatic carbocycles. The summed E-state index contributed by atoms with van der Waals surface area (Å²) in [6.07, 6.45) is 3.22. The van der Waals surface area contributed by atoms with Gasteiger partial charge in [0.15, 0.2) is 11.5 Å². The van der Waals surface area contributed by atoms with E-state index in [0.717, 1.165) is 22.7 Å². The van der Waals surface area contributed by atoms with Crippen LogP contribution in [0.25, 0.3) is 0 Å². The minimum absolute atomic E-state index is 0.169. The van der Waals surface area contributed by atoms with Gasteiger partial charge in [-0.2, -0.15) is 0 Å². The molecular weight excluding hydrogens is 342 g/mol. The summed E-state index contributed by atoms with van der Waals surface area (Å²) in [7, 11) is 0. The molecule has 6 nitrogen and oxygen atoms in total. The predicted octanol–water partition coefficient (Wildman–Crippen LogP) is 3.53. The van der Waals surface area contributed by atoms with Gasteiger partial charge in [0.1, 0.15) is 13.2 Å². The number of aromatic nitrogens is 1. The quantitative estimate of drug-likeness (QED) is 0.727. The zero-order valence-corrected chi connectivity index (χ0v) is 14.6. The number of rotatable bonds is 5. The van der Waals surface area contributed by atoms with Gasteiger partial charge in [-0.1, -0.05) is 30.3 Å². The Kier molecular flexibility index (Phi) is 4.87. The minimum atomic E-state index is -0.169. The Bertz CT molecular complexity index is 944. The first kappa shape index (κ1) is 16.9. The molecule has 4 rings (SSSR count). The molecule has 1 aliphatic rings. The van der Waals surface area contributed by atoms with E-state index in [2.05, 4.69) is 15.6 Å². The van der Waals surface area contributed by atoms with E-state index in [1.54, 1.807) is 18.5 Å². The Labute approximate surface area is 157 Å². The highest BCUT2D eigenvalue weighted by molar-refractivity contribution is 5.94. The van der Waals surface area contributed by atoms with Crippen molar-refractivity contribution < 1.29 is 14.3 Å². The SMILES string of the molecule is O=C(NCc1ccccc1)c1cncc(Nc2ccc3c(c2)OCCO3)c1. The van der Waals surface area contributed by atoms with Crippen LogP contribution in [-0.4, -0.2) is 24.1 Å². The lowest BCUT2D eigenvalue weighted by Crippen LogP contribution is -2.22. The molecule has 27 heavy (non-hydrogen) atoms. The number of nitrogens with one attached hydrogen (secondary N) is 2. The van der Waals surface area contributed by atoms with Gasteiger partial charge < -0.3 is 20.1 Å². The fraction of sp³-hybridized carbons (Fsp3) is 0.143. The highest BCUT2D eigenvalue weighted by Crippen LogP contribution is 2.33. The Hall–Kier alpha value is -3.54. The summed E-state index contributed by atoms with van der Waals surface area (Å²) >= 11 is 0. The summed E-state index contributed by atoms with van der Waals surface area (Å²) in [4.78, 5) is 16.6. The van der Waals surface area contributed by atoms with Crippen molar-refractivity contribution in [3.05, 3.63) is 78.1 Å². The Morgan fingerprint density at radius 3 is 2.59 bits per heavy atom. The van der Waals surface area contributed by atoms with Crippen molar-refractivity contribution in [1.29, 1.82) is 0 Å². The number of anilines is 2. The van der Waals surface area contributed by atoms with Crippen LogP contribution >= 0.6 is 0 Å². The summed E-state index contributed by atoms with van der Waals surface area (Å²) in [5, 5.41) is 6.15. The third kappa shape index (κ3) is 4.17. The number of ether oxygens (including phenoxy) is 2. The number of benzene rings is 2. The van der Waals surface area contributed by atoms with Crippen LogP contribution in [-0.2, 0) is 6.54 Å². The van der Waals surface area contributed by atoms with Gasteiger partial charge in [0.2, 0.25) is 0 Å². The number of pyridine rings is 1. The molecular formula is C21H19N3O3. The lowest BCUT2D eigenvalue weighted by Gasteiger charge is -2.19. The zero-order chi connectivity index (χ0) is 18.5. The molecule has 2 N–H and O–H groups in total. The van der Waals surface area contributed by atoms with E-state index in [9.17, 15) is 4.79 Å². The van der Waals surface area contributed by atoms with Crippen LogP contribution in [0.3, 0.4) is 0 Å². The molecule has 1 aromatic heterocycles. The van der Waals surface area contributed by atoms with Crippen LogP contribution in [0.5, 0.6) is 11.5 Å². The van der Waals surface area contributed by atoms with Gasteiger partial charge in [0.05, 0.1) is 17.4 Å². The molecule has 136 valence electrons. The second-order valence-corrected chi connectivity index (χ2v) is 6.11. The average Bonchev–Trinajstić information content (AvgIpc) is 2.73. The maximum atomic E-state index is 12.4. The van der Waals surface area contributed by atoms with E-state index >= 15 is 0 Å². The summed E-state index contributed by atoms with van der Waals surface area (Å²) in [5.41, 5.74) is 3.10. The van der Waals surface area contributed by atoms with Crippen molar-refractivity contribution in [2.45, 2.75) is 6.54 Å². The van der Waals surface area contributed by atoms with Crippen molar-refractivity contribution in [3.63, 3.8) is 0 Å². The first-order chi connectivity index (χ1) is 13.3. The molecule has 0 radical (unpaired) electrons. The Balaban J connectivity index is 1.43. The molecule has 0 bridgehead atoms. The van der Waals surface area contributed by atoms with Crippen LogP contribution < -0.4 is 20.1 Å². The van der Waals surface area contributed by atoms with Crippen molar-refractivity contribution in [1.82, 2.24) is 10.3 Å². The topological polar surface area (TPSA) is 72.5 Å². The van der Waals surface area contributed by atoms with Gasteiger partial charge in [-0.25, -0.2) is 0 Å². The molecule has 2 aromatic carbocycles. The van der Waals surface area contributed by atoms with Gasteiger partial charge in [-0.15, -0.1) is 0 Å². The zero-order valence-electron chi connectivity index (χ0n) is 14.6. The number of hydrogen-bond donors (Lipinski definition) is 2. The van der Waals surface area contributed by atoms with Gasteiger partial charge in [0.25, 0.3) is 5.91 Å². The van der Waals surface area contributed by atoms with Crippen molar-refractivity contribution in [3.8, 4) is 11.5 Å². The summed E-state index contributed by atoms with van der Waals surface area (Å²) in [6.45, 7) is 1.57. The summed E-state index contributed by atoms with van der Waals surface area (Å²) in [6, 6.07) is 17.2. The first-order valence-electron chi connectivity index (χ1n) is 8.72. The van der Waals surface area contributed by atoms with Crippen LogP contribution in [0.15, 0.2) is 67.0 Å². The average molecular weight is 361 g/mol. The molecule has 0 fully saturated rings. The molecule has 1 amide bonds. The monoisotopic (exact) mass is 361 g/mol. The van der Waals surface area contributed by atoms with Gasteiger partial charge in [0, 0.05) is 24.5 Å². The van der Waals surface area contributed by atoms with E-state index in [0.29, 0.717) is 31.1 Å². The number of fused-ring (bicyclic) bond motifs is 1. The molecule has 2 heterocycles. The normalized spacial score (nSPS) is 12.3. The highest BCUT2D eigenvalue weighted by Gasteiger charge is 2.12. The molecule has 0 saturated carbocycles. The third-order valence-electron chi connectivity index (χ3n) is 4.13. The second kappa shape index (κ2) is 7.78. The van der Waals surface area contributed by atoms with E-state index in [1.807, 2.05) is 48.5 Å². The molecule has 1 aliphatic heterocycles. The molecule has 0 spiro atoms. The van der Waals surface area contributed by atoms with Gasteiger partial charge in [-0.3, -0.25) is 9.78 Å². The molecule has 0 saturated heterocycles. The van der Waals surface area contributed by atoms with Crippen LogP contribution in [0.1, 0.15) is 15.9 Å². The lowest BCUT2D eigenvalue weighted by atomic mass is 10.2. The predicted molar refractivity (Wildman–Crippen MR) is 103 cm³/mol. The Morgan fingerprint density at radius 2 is 1.74 bits per heavy atom. The molecule has 0 unspecified atom stereocenters. The summed E-state index contributed by atoms with van der Waals surface area (Å²) in [5.74, 6) is 1.27. The van der Waals surface area contributed by atoms with Gasteiger partial charge >= 0.3 is 0 Å². The van der Waals surface area contributed by atoms with Crippen LogP contribution in [0.2, 0.25) is 0 Å². The van der Waals surface area contributed by atoms with E-state index in [1.165, 1.54) is 0 Å². The smallest absolute Gasteiger partial charge is 0.253 e. The number of carbonyl (C=O) groups is 1. The first-order valence-corrected chi connectivity index (χ1v) is 8.72. The summed E-state index contributed by atoms with van der Waals surface area (Å²) < 4.78 is 11.1. The van der Waals surface area contributed by atoms with E-state index in [-0.39, 0.29) is 5.91 Å². The van der Waals surface area contributed by atoms with Gasteiger partial charge in [-0.05, 0) is 23.8 Å². The molecule has 3 aromatic rings. The maximum absolute atomic E-state index is 12.4. The Morgan fingerprint density at radius 1 is 0.926 bits per heavy atom. The van der Waals surface area contributed by atoms with Crippen molar-refractivity contribution in [2.24, 2.45) is 0 Å². The number of carbonyl (C=O) groups excluding carboxylic acids is 1. The van der Waals surface area contributed by atoms with Crippen LogP contribution in [0, 0.1) is 0 Å². The maximum Gasteiger partial charge on any atom is 0.253 e. The third-order valence-corrected chi connectivity index (χ3v) is 4.13. The standard InChI is InChI=1S/C21H19N3O3/c25-21(23-12-15-4-2-1-3-5-15)16-10-18(14-22-13-16)24-17-6-7-19-20(11-17)27-9-8-26-19/h1-7,10-11,13-14,24H,8-9,12H2,(H,23,25). The minimum Gasteiger partial charge on any atom is -0.486 e. The number of nitrogens with zero attached hydrogens (tertiary/aromatic N) is 1. The highest BCUT2D eigenvalue weighted by atomic mass is 16.6. The molecule has 0 atom stereocenters. The van der Waals surface area contributed by atoms with E-state index in [4.69, 9.17) is 9.47 Å². The second-order valence-electron chi connectivity index (χ2n) is 6.11. The van der Waals surface area contributed by atoms with Crippen LogP contribution in [0.4, 0.5) is 11.4 Å². The number of hydrogen-bond acceptors (Lipinski definition) is 5. The number of amides is 1.